The number of hydrogen-bond acceptors (Lipinski definition) is 1. The number of unbranched alkanes of at least 4 members (excludes halogenated alkanes) is 3. The van der Waals surface area contributed by atoms with Crippen molar-refractivity contribution in [2.24, 2.45) is 0 Å². The molecule has 0 rings (SSSR count). The molecule has 0 aromatic carbocycles. The molecule has 0 aliphatic carbocycles. The van der Waals surface area contributed by atoms with Crippen molar-refractivity contribution in [1.29, 1.82) is 0 Å². The maximum absolute atomic E-state index is 8.41. The van der Waals surface area contributed by atoms with Gasteiger partial charge in [0.05, 0.1) is 13.0 Å². The van der Waals surface area contributed by atoms with Crippen molar-refractivity contribution in [2.75, 3.05) is 6.61 Å². The Bertz CT molecular complexity index is 254. The van der Waals surface area contributed by atoms with Crippen LogP contribution in [0.5, 0.6) is 0 Å². The van der Waals surface area contributed by atoms with Crippen molar-refractivity contribution >= 4 is 0 Å². The van der Waals surface area contributed by atoms with Gasteiger partial charge in [-0.25, -0.2) is 0 Å². The van der Waals surface area contributed by atoms with E-state index in [1.54, 1.807) is 12.2 Å². The van der Waals surface area contributed by atoms with E-state index >= 15 is 0 Å². The summed E-state index contributed by atoms with van der Waals surface area (Å²) in [7, 11) is 0. The van der Waals surface area contributed by atoms with Gasteiger partial charge in [0.2, 0.25) is 0 Å². The van der Waals surface area contributed by atoms with Gasteiger partial charge in [0.1, 0.15) is 0 Å². The summed E-state index contributed by atoms with van der Waals surface area (Å²) >= 11 is 0. The Labute approximate surface area is 87.2 Å². The fourth-order valence-electron chi connectivity index (χ4n) is 0.880. The summed E-state index contributed by atoms with van der Waals surface area (Å²) < 4.78 is 0. The highest BCUT2D eigenvalue weighted by atomic mass is 16.2. The zero-order valence-corrected chi connectivity index (χ0v) is 8.84. The summed E-state index contributed by atoms with van der Waals surface area (Å²) in [5.74, 6) is 11.8. The third kappa shape index (κ3) is 10.8. The monoisotopic (exact) mass is 190 g/mol. The lowest BCUT2D eigenvalue weighted by molar-refractivity contribution is 0.343. The average Bonchev–Trinajstić information content (AvgIpc) is 2.21. The molecule has 0 atom stereocenters. The Balaban J connectivity index is 3.40. The second-order valence-corrected chi connectivity index (χ2v) is 2.89. The van der Waals surface area contributed by atoms with Crippen LogP contribution in [0.15, 0.2) is 12.2 Å². The van der Waals surface area contributed by atoms with Crippen LogP contribution in [0.4, 0.5) is 0 Å². The lowest BCUT2D eigenvalue weighted by Gasteiger charge is -1.87. The lowest BCUT2D eigenvalue weighted by Crippen LogP contribution is -1.71. The molecule has 0 amide bonds. The van der Waals surface area contributed by atoms with E-state index in [4.69, 9.17) is 5.11 Å². The van der Waals surface area contributed by atoms with Crippen LogP contribution in [0, 0.1) is 23.7 Å². The van der Waals surface area contributed by atoms with Crippen molar-refractivity contribution in [1.82, 2.24) is 0 Å². The smallest absolute Gasteiger partial charge is 0.0706 e. The van der Waals surface area contributed by atoms with Gasteiger partial charge in [0.25, 0.3) is 0 Å². The molecule has 76 valence electrons. The van der Waals surface area contributed by atoms with E-state index < -0.39 is 0 Å². The van der Waals surface area contributed by atoms with E-state index in [1.807, 2.05) is 0 Å². The van der Waals surface area contributed by atoms with Crippen molar-refractivity contribution in [2.45, 2.75) is 39.0 Å². The van der Waals surface area contributed by atoms with Crippen LogP contribution in [0.1, 0.15) is 39.0 Å². The molecule has 0 aliphatic heterocycles. The topological polar surface area (TPSA) is 20.2 Å². The highest BCUT2D eigenvalue weighted by molar-refractivity contribution is 5.19. The van der Waals surface area contributed by atoms with Gasteiger partial charge in [-0.1, -0.05) is 43.6 Å². The van der Waals surface area contributed by atoms with Crippen LogP contribution < -0.4 is 0 Å². The van der Waals surface area contributed by atoms with Crippen molar-refractivity contribution in [3.63, 3.8) is 0 Å². The molecule has 1 nitrogen and oxygen atoms in total. The number of hydrogen-bond donors (Lipinski definition) is 1. The van der Waals surface area contributed by atoms with Crippen LogP contribution in [-0.2, 0) is 0 Å². The molecule has 0 aromatic rings. The van der Waals surface area contributed by atoms with Crippen molar-refractivity contribution in [3.05, 3.63) is 12.2 Å². The van der Waals surface area contributed by atoms with E-state index in [-0.39, 0.29) is 6.61 Å². The maximum Gasteiger partial charge on any atom is 0.0706 e. The van der Waals surface area contributed by atoms with Gasteiger partial charge in [-0.2, -0.15) is 0 Å². The van der Waals surface area contributed by atoms with Gasteiger partial charge in [-0.3, -0.25) is 0 Å². The number of rotatable bonds is 4. The minimum atomic E-state index is 0.0530. The Hall–Kier alpha value is -1.18. The predicted octanol–water partition coefficient (Wildman–Crippen LogP) is 2.51. The Kier molecular flexibility index (Phi) is 10.8. The molecular formula is C13H18O. The Morgan fingerprint density at radius 2 is 2.00 bits per heavy atom. The largest absolute Gasteiger partial charge is 0.392 e. The summed E-state index contributed by atoms with van der Waals surface area (Å²) in [6, 6.07) is 0. The molecule has 0 radical (unpaired) electrons. The van der Waals surface area contributed by atoms with Crippen LogP contribution >= 0.6 is 0 Å². The first-order chi connectivity index (χ1) is 6.91. The van der Waals surface area contributed by atoms with Crippen molar-refractivity contribution in [3.8, 4) is 23.7 Å². The Morgan fingerprint density at radius 1 is 1.14 bits per heavy atom. The fourth-order valence-corrected chi connectivity index (χ4v) is 0.880. The summed E-state index contributed by atoms with van der Waals surface area (Å²) in [5.41, 5.74) is 0. The first kappa shape index (κ1) is 12.8. The summed E-state index contributed by atoms with van der Waals surface area (Å²) in [5, 5.41) is 8.41. The summed E-state index contributed by atoms with van der Waals surface area (Å²) in [6.45, 7) is 2.24. The van der Waals surface area contributed by atoms with E-state index in [9.17, 15) is 0 Å². The van der Waals surface area contributed by atoms with E-state index in [2.05, 4.69) is 30.6 Å². The number of allylic oxidation sites excluding steroid dienone is 1. The first-order valence-corrected chi connectivity index (χ1v) is 5.11. The molecule has 0 heterocycles. The molecule has 0 fully saturated rings. The zero-order chi connectivity index (χ0) is 10.5. The van der Waals surface area contributed by atoms with Gasteiger partial charge >= 0.3 is 0 Å². The minimum absolute atomic E-state index is 0.0530. The SMILES string of the molecule is CCCCCC#CCC#C/C=C/CO. The van der Waals surface area contributed by atoms with Gasteiger partial charge in [0, 0.05) is 6.42 Å². The summed E-state index contributed by atoms with van der Waals surface area (Å²) in [6.07, 6.45) is 8.58. The molecule has 0 aliphatic rings. The molecule has 0 saturated carbocycles. The quantitative estimate of drug-likeness (QED) is 0.533. The van der Waals surface area contributed by atoms with Crippen molar-refractivity contribution < 1.29 is 5.11 Å². The molecular weight excluding hydrogens is 172 g/mol. The highest BCUT2D eigenvalue weighted by Crippen LogP contribution is 1.96. The van der Waals surface area contributed by atoms with E-state index in [0.29, 0.717) is 6.42 Å². The van der Waals surface area contributed by atoms with Crippen LogP contribution in [0.2, 0.25) is 0 Å². The molecule has 1 N–H and O–H groups in total. The number of aliphatic hydroxyl groups is 1. The second-order valence-electron chi connectivity index (χ2n) is 2.89. The third-order valence-electron chi connectivity index (χ3n) is 1.62. The molecule has 0 bridgehead atoms. The van der Waals surface area contributed by atoms with Gasteiger partial charge < -0.3 is 5.11 Å². The Morgan fingerprint density at radius 3 is 2.71 bits per heavy atom. The number of aliphatic hydroxyl groups excluding tert-OH is 1. The van der Waals surface area contributed by atoms with Crippen LogP contribution in [0.25, 0.3) is 0 Å². The normalized spacial score (nSPS) is 9.00. The molecule has 0 spiro atoms. The van der Waals surface area contributed by atoms with Crippen LogP contribution in [0.3, 0.4) is 0 Å². The highest BCUT2D eigenvalue weighted by Gasteiger charge is 1.79. The van der Waals surface area contributed by atoms with Gasteiger partial charge in [0.15, 0.2) is 0 Å². The molecule has 0 unspecified atom stereocenters. The molecule has 1 heteroatoms. The van der Waals surface area contributed by atoms with Gasteiger partial charge in [-0.05, 0) is 12.5 Å². The fraction of sp³-hybridized carbons (Fsp3) is 0.538. The third-order valence-corrected chi connectivity index (χ3v) is 1.62. The van der Waals surface area contributed by atoms with E-state index in [0.717, 1.165) is 6.42 Å². The van der Waals surface area contributed by atoms with E-state index in [1.165, 1.54) is 19.3 Å². The predicted molar refractivity (Wildman–Crippen MR) is 60.5 cm³/mol. The van der Waals surface area contributed by atoms with Gasteiger partial charge in [-0.15, -0.1) is 5.92 Å². The molecule has 0 aromatic heterocycles. The zero-order valence-electron chi connectivity index (χ0n) is 8.84. The first-order valence-electron chi connectivity index (χ1n) is 5.11. The minimum Gasteiger partial charge on any atom is -0.392 e. The standard InChI is InChI=1S/C13H18O/c1-2-3-4-5-6-7-8-9-10-11-12-13-14/h11-12,14H,2-5,8,13H2,1H3/b12-11+. The maximum atomic E-state index is 8.41. The molecule has 14 heavy (non-hydrogen) atoms. The van der Waals surface area contributed by atoms with Crippen LogP contribution in [-0.4, -0.2) is 11.7 Å². The molecule has 0 saturated heterocycles. The lowest BCUT2D eigenvalue weighted by atomic mass is 10.2. The average molecular weight is 190 g/mol. The second kappa shape index (κ2) is 11.8. The summed E-state index contributed by atoms with van der Waals surface area (Å²) in [4.78, 5) is 0.